The molecule has 0 N–H and O–H groups in total. The first-order chi connectivity index (χ1) is 8.79. The molecule has 1 aromatic rings. The van der Waals surface area contributed by atoms with Crippen LogP contribution in [0.1, 0.15) is 49.8 Å². The molecule has 96 valence electrons. The van der Waals surface area contributed by atoms with Crippen molar-refractivity contribution in [3.63, 3.8) is 0 Å². The molecular formula is C15H20N2O. The fraction of sp³-hybridized carbons (Fsp3) is 0.600. The average Bonchev–Trinajstić information content (AvgIpc) is 2.65. The maximum atomic E-state index is 9.02. The van der Waals surface area contributed by atoms with E-state index in [1.807, 2.05) is 13.0 Å². The van der Waals surface area contributed by atoms with E-state index in [1.165, 1.54) is 38.5 Å². The second-order valence-electron chi connectivity index (χ2n) is 5.09. The minimum absolute atomic E-state index is 0.502. The van der Waals surface area contributed by atoms with Gasteiger partial charge in [0, 0.05) is 5.69 Å². The summed E-state index contributed by atoms with van der Waals surface area (Å²) in [6, 6.07) is 5.76. The number of pyridine rings is 1. The number of hydrogen-bond donors (Lipinski definition) is 0. The smallest absolute Gasteiger partial charge is 0.231 e. The summed E-state index contributed by atoms with van der Waals surface area (Å²) in [6.07, 6.45) is 7.80. The van der Waals surface area contributed by atoms with E-state index in [9.17, 15) is 0 Å². The molecule has 1 aliphatic carbocycles. The van der Waals surface area contributed by atoms with Crippen molar-refractivity contribution in [2.75, 3.05) is 6.61 Å². The third kappa shape index (κ3) is 3.46. The van der Waals surface area contributed by atoms with Crippen LogP contribution in [0.2, 0.25) is 0 Å². The molecule has 1 aromatic heterocycles. The van der Waals surface area contributed by atoms with E-state index >= 15 is 0 Å². The highest BCUT2D eigenvalue weighted by atomic mass is 16.5. The molecular weight excluding hydrogens is 224 g/mol. The fourth-order valence-electron chi connectivity index (χ4n) is 2.46. The lowest BCUT2D eigenvalue weighted by molar-refractivity contribution is 0.225. The monoisotopic (exact) mass is 244 g/mol. The highest BCUT2D eigenvalue weighted by molar-refractivity contribution is 5.38. The van der Waals surface area contributed by atoms with Crippen molar-refractivity contribution in [3.8, 4) is 11.9 Å². The van der Waals surface area contributed by atoms with Crippen LogP contribution in [0.4, 0.5) is 0 Å². The lowest BCUT2D eigenvalue weighted by Gasteiger charge is -2.15. The Kier molecular flexibility index (Phi) is 4.58. The highest BCUT2D eigenvalue weighted by Crippen LogP contribution is 2.24. The largest absolute Gasteiger partial charge is 0.476 e. The van der Waals surface area contributed by atoms with Crippen molar-refractivity contribution in [1.29, 1.82) is 5.26 Å². The molecule has 1 aliphatic rings. The Bertz CT molecular complexity index is 429. The molecule has 0 saturated heterocycles. The van der Waals surface area contributed by atoms with E-state index in [0.717, 1.165) is 5.69 Å². The van der Waals surface area contributed by atoms with Crippen molar-refractivity contribution in [2.45, 2.75) is 45.4 Å². The zero-order chi connectivity index (χ0) is 12.8. The third-order valence-corrected chi connectivity index (χ3v) is 3.55. The highest BCUT2D eigenvalue weighted by Gasteiger charge is 2.14. The van der Waals surface area contributed by atoms with Gasteiger partial charge < -0.3 is 4.74 Å². The average molecular weight is 244 g/mol. The molecule has 1 heterocycles. The molecule has 0 amide bonds. The van der Waals surface area contributed by atoms with Gasteiger partial charge in [-0.25, -0.2) is 4.98 Å². The summed E-state index contributed by atoms with van der Waals surface area (Å²) in [6.45, 7) is 2.62. The van der Waals surface area contributed by atoms with E-state index in [0.29, 0.717) is 24.0 Å². The van der Waals surface area contributed by atoms with Crippen LogP contribution < -0.4 is 4.74 Å². The molecule has 0 unspecified atom stereocenters. The van der Waals surface area contributed by atoms with Crippen LogP contribution in [0.25, 0.3) is 0 Å². The number of nitrogens with zero attached hydrogens (tertiary/aromatic N) is 2. The standard InChI is InChI=1S/C15H20N2O/c1-12-8-9-14(10-16)15(17-12)18-11-13-6-4-2-3-5-7-13/h8-9,13H,2-7,11H2,1H3. The molecule has 3 nitrogen and oxygen atoms in total. The van der Waals surface area contributed by atoms with Crippen molar-refractivity contribution in [3.05, 3.63) is 23.4 Å². The summed E-state index contributed by atoms with van der Waals surface area (Å²) in [5.74, 6) is 1.13. The zero-order valence-electron chi connectivity index (χ0n) is 11.0. The summed E-state index contributed by atoms with van der Waals surface area (Å²) in [5, 5.41) is 9.02. The first-order valence-corrected chi connectivity index (χ1v) is 6.80. The van der Waals surface area contributed by atoms with Gasteiger partial charge in [0.15, 0.2) is 0 Å². The van der Waals surface area contributed by atoms with Crippen LogP contribution in [-0.4, -0.2) is 11.6 Å². The minimum Gasteiger partial charge on any atom is -0.476 e. The topological polar surface area (TPSA) is 45.9 Å². The Balaban J connectivity index is 1.96. The maximum Gasteiger partial charge on any atom is 0.231 e. The second-order valence-corrected chi connectivity index (χ2v) is 5.09. The summed E-state index contributed by atoms with van der Waals surface area (Å²) in [5.41, 5.74) is 1.43. The molecule has 18 heavy (non-hydrogen) atoms. The number of aryl methyl sites for hydroxylation is 1. The van der Waals surface area contributed by atoms with Gasteiger partial charge in [0.2, 0.25) is 5.88 Å². The van der Waals surface area contributed by atoms with E-state index in [1.54, 1.807) is 6.07 Å². The van der Waals surface area contributed by atoms with Crippen LogP contribution in [-0.2, 0) is 0 Å². The van der Waals surface area contributed by atoms with Crippen molar-refractivity contribution < 1.29 is 4.74 Å². The van der Waals surface area contributed by atoms with Crippen LogP contribution in [0.15, 0.2) is 12.1 Å². The van der Waals surface area contributed by atoms with Gasteiger partial charge in [0.05, 0.1) is 6.61 Å². The molecule has 0 aliphatic heterocycles. The van der Waals surface area contributed by atoms with Gasteiger partial charge in [-0.05, 0) is 37.8 Å². The van der Waals surface area contributed by atoms with Gasteiger partial charge >= 0.3 is 0 Å². The SMILES string of the molecule is Cc1ccc(C#N)c(OCC2CCCCCC2)n1. The predicted molar refractivity (Wildman–Crippen MR) is 70.4 cm³/mol. The first kappa shape index (κ1) is 12.9. The molecule has 0 aromatic carbocycles. The molecule has 3 heteroatoms. The minimum atomic E-state index is 0.502. The van der Waals surface area contributed by atoms with Crippen molar-refractivity contribution in [1.82, 2.24) is 4.98 Å². The van der Waals surface area contributed by atoms with Crippen LogP contribution in [0.3, 0.4) is 0 Å². The fourth-order valence-corrected chi connectivity index (χ4v) is 2.46. The Labute approximate surface area is 109 Å². The van der Waals surface area contributed by atoms with Crippen molar-refractivity contribution >= 4 is 0 Å². The van der Waals surface area contributed by atoms with Gasteiger partial charge in [0.1, 0.15) is 11.6 Å². The van der Waals surface area contributed by atoms with E-state index in [4.69, 9.17) is 10.00 Å². The number of nitriles is 1. The van der Waals surface area contributed by atoms with Crippen LogP contribution in [0.5, 0.6) is 5.88 Å². The number of aromatic nitrogens is 1. The zero-order valence-corrected chi connectivity index (χ0v) is 11.0. The third-order valence-electron chi connectivity index (χ3n) is 3.55. The van der Waals surface area contributed by atoms with E-state index < -0.39 is 0 Å². The Morgan fingerprint density at radius 1 is 1.28 bits per heavy atom. The molecule has 0 bridgehead atoms. The first-order valence-electron chi connectivity index (χ1n) is 6.80. The normalized spacial score (nSPS) is 16.9. The van der Waals surface area contributed by atoms with E-state index in [2.05, 4.69) is 11.1 Å². The maximum absolute atomic E-state index is 9.02. The van der Waals surface area contributed by atoms with E-state index in [-0.39, 0.29) is 0 Å². The lowest BCUT2D eigenvalue weighted by Crippen LogP contribution is -2.12. The molecule has 1 saturated carbocycles. The summed E-state index contributed by atoms with van der Waals surface area (Å²) < 4.78 is 5.77. The predicted octanol–water partition coefficient (Wildman–Crippen LogP) is 3.61. The molecule has 1 fully saturated rings. The van der Waals surface area contributed by atoms with Gasteiger partial charge in [0.25, 0.3) is 0 Å². The molecule has 0 atom stereocenters. The van der Waals surface area contributed by atoms with Crippen LogP contribution in [0, 0.1) is 24.2 Å². The van der Waals surface area contributed by atoms with Gasteiger partial charge in [-0.15, -0.1) is 0 Å². The lowest BCUT2D eigenvalue weighted by atomic mass is 10.0. The Morgan fingerprint density at radius 2 is 2.00 bits per heavy atom. The molecule has 0 spiro atoms. The summed E-state index contributed by atoms with van der Waals surface area (Å²) in [7, 11) is 0. The van der Waals surface area contributed by atoms with Gasteiger partial charge in [-0.2, -0.15) is 5.26 Å². The number of hydrogen-bond acceptors (Lipinski definition) is 3. The second kappa shape index (κ2) is 6.39. The van der Waals surface area contributed by atoms with Gasteiger partial charge in [-0.3, -0.25) is 0 Å². The molecule has 2 rings (SSSR count). The quantitative estimate of drug-likeness (QED) is 0.763. The Hall–Kier alpha value is -1.56. The Morgan fingerprint density at radius 3 is 2.67 bits per heavy atom. The molecule has 0 radical (unpaired) electrons. The summed E-state index contributed by atoms with van der Waals surface area (Å²) >= 11 is 0. The summed E-state index contributed by atoms with van der Waals surface area (Å²) in [4.78, 5) is 4.31. The number of rotatable bonds is 3. The number of ether oxygens (including phenoxy) is 1. The van der Waals surface area contributed by atoms with Crippen LogP contribution >= 0.6 is 0 Å². The van der Waals surface area contributed by atoms with Gasteiger partial charge in [-0.1, -0.05) is 25.7 Å². The van der Waals surface area contributed by atoms with Crippen molar-refractivity contribution in [2.24, 2.45) is 5.92 Å².